The van der Waals surface area contributed by atoms with E-state index in [1.165, 1.54) is 19.3 Å². The molecule has 4 saturated carbocycles. The maximum atomic E-state index is 12.9. The van der Waals surface area contributed by atoms with Gasteiger partial charge in [0.1, 0.15) is 0 Å². The highest BCUT2D eigenvalue weighted by Gasteiger charge is 2.54. The number of hydrogen-bond donors (Lipinski definition) is 1. The van der Waals surface area contributed by atoms with Crippen LogP contribution in [-0.4, -0.2) is 16.1 Å². The molecule has 0 radical (unpaired) electrons. The Morgan fingerprint density at radius 3 is 2.43 bits per heavy atom. The molecule has 1 amide bonds. The average Bonchev–Trinajstić information content (AvgIpc) is 3.16. The molecule has 2 aromatic rings. The number of rotatable bonds is 3. The van der Waals surface area contributed by atoms with Crippen LogP contribution in [0.15, 0.2) is 27.2 Å². The van der Waals surface area contributed by atoms with Gasteiger partial charge in [0.05, 0.1) is 11.7 Å². The Morgan fingerprint density at radius 1 is 1.13 bits per heavy atom. The van der Waals surface area contributed by atoms with Crippen LogP contribution in [0.5, 0.6) is 0 Å². The molecule has 6 rings (SSSR count). The van der Waals surface area contributed by atoms with Crippen molar-refractivity contribution in [2.45, 2.75) is 38.5 Å². The Morgan fingerprint density at radius 2 is 1.83 bits per heavy atom. The molecular formula is C17H19N3O3. The highest BCUT2D eigenvalue weighted by atomic mass is 16.4. The molecule has 1 N–H and O–H groups in total. The van der Waals surface area contributed by atoms with Crippen molar-refractivity contribution in [3.63, 3.8) is 0 Å². The van der Waals surface area contributed by atoms with Gasteiger partial charge in [0.2, 0.25) is 5.91 Å². The summed E-state index contributed by atoms with van der Waals surface area (Å²) in [6.07, 6.45) is 8.55. The van der Waals surface area contributed by atoms with Gasteiger partial charge < -0.3 is 8.83 Å². The monoisotopic (exact) mass is 313 g/mol. The molecule has 4 aliphatic carbocycles. The summed E-state index contributed by atoms with van der Waals surface area (Å²) >= 11 is 0. The zero-order chi connectivity index (χ0) is 15.4. The van der Waals surface area contributed by atoms with E-state index in [1.54, 1.807) is 18.4 Å². The van der Waals surface area contributed by atoms with Crippen LogP contribution in [0.25, 0.3) is 11.7 Å². The summed E-state index contributed by atoms with van der Waals surface area (Å²) in [5.41, 5.74) is -0.214. The molecule has 0 spiro atoms. The van der Waals surface area contributed by atoms with Gasteiger partial charge in [0, 0.05) is 0 Å². The molecule has 2 heterocycles. The molecule has 0 unspecified atom stereocenters. The Balaban J connectivity index is 1.36. The first-order valence-electron chi connectivity index (χ1n) is 8.39. The number of hydrogen-bond acceptors (Lipinski definition) is 5. The smallest absolute Gasteiger partial charge is 0.322 e. The molecule has 0 saturated heterocycles. The molecular weight excluding hydrogens is 294 g/mol. The minimum absolute atomic E-state index is 0.0613. The molecule has 4 bridgehead atoms. The van der Waals surface area contributed by atoms with Crippen molar-refractivity contribution in [3.8, 4) is 11.7 Å². The molecule has 0 aliphatic heterocycles. The van der Waals surface area contributed by atoms with Gasteiger partial charge in [-0.2, -0.15) is 0 Å². The topological polar surface area (TPSA) is 81.2 Å². The summed E-state index contributed by atoms with van der Waals surface area (Å²) in [6, 6.07) is 3.67. The maximum absolute atomic E-state index is 12.9. The van der Waals surface area contributed by atoms with E-state index in [2.05, 4.69) is 15.5 Å². The van der Waals surface area contributed by atoms with E-state index in [0.717, 1.165) is 37.0 Å². The number of carbonyl (C=O) groups excluding carboxylic acids is 1. The molecule has 120 valence electrons. The lowest BCUT2D eigenvalue weighted by molar-refractivity contribution is -0.140. The van der Waals surface area contributed by atoms with Crippen LogP contribution in [0.3, 0.4) is 0 Å². The Bertz CT molecular complexity index is 699. The summed E-state index contributed by atoms with van der Waals surface area (Å²) in [5, 5.41) is 10.7. The van der Waals surface area contributed by atoms with E-state index in [0.29, 0.717) is 5.76 Å². The van der Waals surface area contributed by atoms with Gasteiger partial charge in [0.25, 0.3) is 5.89 Å². The summed E-state index contributed by atoms with van der Waals surface area (Å²) in [7, 11) is 0. The predicted molar refractivity (Wildman–Crippen MR) is 81.2 cm³/mol. The molecule has 6 heteroatoms. The van der Waals surface area contributed by atoms with Gasteiger partial charge in [0.15, 0.2) is 5.76 Å². The summed E-state index contributed by atoms with van der Waals surface area (Å²) in [6.45, 7) is 0. The number of nitrogens with one attached hydrogen (secondary N) is 1. The fourth-order valence-electron chi connectivity index (χ4n) is 5.39. The van der Waals surface area contributed by atoms with Crippen molar-refractivity contribution < 1.29 is 13.6 Å². The summed E-state index contributed by atoms with van der Waals surface area (Å²) in [5.74, 6) is 3.05. The fourth-order valence-corrected chi connectivity index (χ4v) is 5.39. The van der Waals surface area contributed by atoms with Gasteiger partial charge in [-0.05, 0) is 68.4 Å². The first-order chi connectivity index (χ1) is 11.2. The van der Waals surface area contributed by atoms with Gasteiger partial charge in [-0.15, -0.1) is 5.10 Å². The van der Waals surface area contributed by atoms with E-state index >= 15 is 0 Å². The van der Waals surface area contributed by atoms with Crippen LogP contribution in [0.4, 0.5) is 6.01 Å². The second-order valence-electron chi connectivity index (χ2n) is 7.54. The van der Waals surface area contributed by atoms with Crippen molar-refractivity contribution in [2.75, 3.05) is 5.32 Å². The normalized spacial score (nSPS) is 34.7. The summed E-state index contributed by atoms with van der Waals surface area (Å²) < 4.78 is 10.7. The number of furan rings is 1. The number of anilines is 1. The molecule has 4 fully saturated rings. The molecule has 4 aliphatic rings. The minimum Gasteiger partial charge on any atom is -0.459 e. The van der Waals surface area contributed by atoms with Gasteiger partial charge in [-0.1, -0.05) is 5.10 Å². The number of nitrogens with zero attached hydrogens (tertiary/aromatic N) is 2. The number of aromatic nitrogens is 2. The van der Waals surface area contributed by atoms with E-state index in [4.69, 9.17) is 8.83 Å². The van der Waals surface area contributed by atoms with Crippen LogP contribution < -0.4 is 5.32 Å². The SMILES string of the molecule is O=C(Nc1nnc(-c2ccco2)o1)C12CC3CC(CC(C3)C1)C2. The molecule has 23 heavy (non-hydrogen) atoms. The lowest BCUT2D eigenvalue weighted by atomic mass is 9.49. The molecule has 0 atom stereocenters. The van der Waals surface area contributed by atoms with Crippen LogP contribution in [-0.2, 0) is 4.79 Å². The van der Waals surface area contributed by atoms with Crippen LogP contribution >= 0.6 is 0 Å². The Labute approximate surface area is 133 Å². The predicted octanol–water partition coefficient (Wildman–Crippen LogP) is 3.48. The molecule has 2 aromatic heterocycles. The largest absolute Gasteiger partial charge is 0.459 e. The van der Waals surface area contributed by atoms with Crippen molar-refractivity contribution in [3.05, 3.63) is 18.4 Å². The standard InChI is InChI=1S/C17H19N3O3/c21-15(17-7-10-4-11(8-17)6-12(5-10)9-17)18-16-20-19-14(23-16)13-2-1-3-22-13/h1-3,10-12H,4-9H2,(H,18,20,21). The number of amides is 1. The van der Waals surface area contributed by atoms with Crippen molar-refractivity contribution >= 4 is 11.9 Å². The maximum Gasteiger partial charge on any atom is 0.322 e. The number of carbonyl (C=O) groups is 1. The van der Waals surface area contributed by atoms with Gasteiger partial charge >= 0.3 is 6.01 Å². The zero-order valence-corrected chi connectivity index (χ0v) is 12.8. The second kappa shape index (κ2) is 4.69. The Kier molecular flexibility index (Phi) is 2.72. The van der Waals surface area contributed by atoms with Crippen LogP contribution in [0, 0.1) is 23.2 Å². The first-order valence-corrected chi connectivity index (χ1v) is 8.39. The quantitative estimate of drug-likeness (QED) is 0.938. The Hall–Kier alpha value is -2.11. The van der Waals surface area contributed by atoms with Crippen LogP contribution in [0.1, 0.15) is 38.5 Å². The third-order valence-electron chi connectivity index (χ3n) is 5.90. The lowest BCUT2D eigenvalue weighted by Crippen LogP contribution is -2.51. The third-order valence-corrected chi connectivity index (χ3v) is 5.90. The van der Waals surface area contributed by atoms with Crippen LogP contribution in [0.2, 0.25) is 0 Å². The van der Waals surface area contributed by atoms with E-state index in [-0.39, 0.29) is 23.2 Å². The zero-order valence-electron chi connectivity index (χ0n) is 12.8. The van der Waals surface area contributed by atoms with E-state index < -0.39 is 0 Å². The molecule has 0 aromatic carbocycles. The highest BCUT2D eigenvalue weighted by molar-refractivity contribution is 5.94. The van der Waals surface area contributed by atoms with Crippen molar-refractivity contribution in [1.82, 2.24) is 10.2 Å². The first kappa shape index (κ1) is 13.3. The van der Waals surface area contributed by atoms with Crippen molar-refractivity contribution in [1.29, 1.82) is 0 Å². The lowest BCUT2D eigenvalue weighted by Gasteiger charge is -2.55. The fraction of sp³-hybridized carbons (Fsp3) is 0.588. The second-order valence-corrected chi connectivity index (χ2v) is 7.54. The highest BCUT2D eigenvalue weighted by Crippen LogP contribution is 2.60. The van der Waals surface area contributed by atoms with E-state index in [1.807, 2.05) is 0 Å². The average molecular weight is 313 g/mol. The molecule has 6 nitrogen and oxygen atoms in total. The van der Waals surface area contributed by atoms with E-state index in [9.17, 15) is 4.79 Å². The minimum atomic E-state index is -0.214. The van der Waals surface area contributed by atoms with Crippen molar-refractivity contribution in [2.24, 2.45) is 23.2 Å². The summed E-state index contributed by atoms with van der Waals surface area (Å²) in [4.78, 5) is 12.9. The third kappa shape index (κ3) is 2.11. The van der Waals surface area contributed by atoms with Gasteiger partial charge in [-0.3, -0.25) is 10.1 Å². The van der Waals surface area contributed by atoms with Gasteiger partial charge in [-0.25, -0.2) is 0 Å².